The van der Waals surface area contributed by atoms with E-state index in [4.69, 9.17) is 4.74 Å². The number of esters is 1. The zero-order chi connectivity index (χ0) is 15.0. The third kappa shape index (κ3) is 6.54. The summed E-state index contributed by atoms with van der Waals surface area (Å²) in [6.07, 6.45) is 3.40. The fourth-order valence-corrected chi connectivity index (χ4v) is 2.06. The molecule has 6 heteroatoms. The van der Waals surface area contributed by atoms with Crippen molar-refractivity contribution in [3.05, 3.63) is 0 Å². The first-order chi connectivity index (χ1) is 9.49. The lowest BCUT2D eigenvalue weighted by atomic mass is 10.2. The topological polar surface area (TPSA) is 75.7 Å². The van der Waals surface area contributed by atoms with Gasteiger partial charge in [-0.15, -0.1) is 0 Å². The maximum Gasteiger partial charge on any atom is 0.307 e. The molecule has 1 heterocycles. The Kier molecular flexibility index (Phi) is 7.04. The highest BCUT2D eigenvalue weighted by atomic mass is 16.5. The van der Waals surface area contributed by atoms with Crippen LogP contribution in [0.15, 0.2) is 0 Å². The van der Waals surface area contributed by atoms with Crippen molar-refractivity contribution in [1.29, 1.82) is 0 Å². The number of rotatable bonds is 6. The Morgan fingerprint density at radius 1 is 1.30 bits per heavy atom. The van der Waals surface area contributed by atoms with E-state index in [2.05, 4.69) is 5.32 Å². The number of ether oxygens (including phenoxy) is 1. The van der Waals surface area contributed by atoms with Crippen LogP contribution in [0.5, 0.6) is 0 Å². The highest BCUT2D eigenvalue weighted by Crippen LogP contribution is 2.10. The molecule has 1 N–H and O–H groups in total. The number of hydrogen-bond acceptors (Lipinski definition) is 4. The van der Waals surface area contributed by atoms with Crippen molar-refractivity contribution in [3.8, 4) is 0 Å². The number of amides is 2. The van der Waals surface area contributed by atoms with Crippen LogP contribution in [0.1, 0.15) is 46.0 Å². The normalized spacial score (nSPS) is 15.9. The third-order valence-corrected chi connectivity index (χ3v) is 3.02. The molecule has 0 unspecified atom stereocenters. The first-order valence-electron chi connectivity index (χ1n) is 7.23. The van der Waals surface area contributed by atoms with E-state index < -0.39 is 0 Å². The van der Waals surface area contributed by atoms with E-state index in [1.54, 1.807) is 18.7 Å². The summed E-state index contributed by atoms with van der Waals surface area (Å²) < 4.78 is 4.96. The SMILES string of the molecule is CC(C)OC(=O)CCNC(=O)CN1CCCCCC1=O. The summed E-state index contributed by atoms with van der Waals surface area (Å²) in [5, 5.41) is 2.64. The fourth-order valence-electron chi connectivity index (χ4n) is 2.06. The van der Waals surface area contributed by atoms with Crippen LogP contribution in [0.2, 0.25) is 0 Å². The van der Waals surface area contributed by atoms with E-state index in [1.165, 1.54) is 0 Å². The molecule has 0 saturated carbocycles. The van der Waals surface area contributed by atoms with Crippen molar-refractivity contribution < 1.29 is 19.1 Å². The molecule has 1 rings (SSSR count). The molecule has 1 saturated heterocycles. The molecule has 0 spiro atoms. The summed E-state index contributed by atoms with van der Waals surface area (Å²) in [5.41, 5.74) is 0. The molecule has 6 nitrogen and oxygen atoms in total. The van der Waals surface area contributed by atoms with Crippen LogP contribution in [0, 0.1) is 0 Å². The molecule has 0 atom stereocenters. The van der Waals surface area contributed by atoms with Gasteiger partial charge in [0.2, 0.25) is 11.8 Å². The largest absolute Gasteiger partial charge is 0.463 e. The van der Waals surface area contributed by atoms with Crippen molar-refractivity contribution in [2.24, 2.45) is 0 Å². The lowest BCUT2D eigenvalue weighted by Crippen LogP contribution is -2.41. The first-order valence-corrected chi connectivity index (χ1v) is 7.23. The minimum atomic E-state index is -0.328. The molecule has 114 valence electrons. The lowest BCUT2D eigenvalue weighted by Gasteiger charge is -2.19. The summed E-state index contributed by atoms with van der Waals surface area (Å²) in [5.74, 6) is -0.513. The van der Waals surface area contributed by atoms with Gasteiger partial charge in [-0.05, 0) is 26.7 Å². The van der Waals surface area contributed by atoms with Gasteiger partial charge in [-0.3, -0.25) is 14.4 Å². The molecule has 1 fully saturated rings. The van der Waals surface area contributed by atoms with Crippen molar-refractivity contribution in [3.63, 3.8) is 0 Å². The van der Waals surface area contributed by atoms with Crippen LogP contribution < -0.4 is 5.32 Å². The number of carbonyl (C=O) groups is 3. The van der Waals surface area contributed by atoms with Gasteiger partial charge in [0, 0.05) is 19.5 Å². The van der Waals surface area contributed by atoms with Gasteiger partial charge >= 0.3 is 5.97 Å². The smallest absolute Gasteiger partial charge is 0.307 e. The van der Waals surface area contributed by atoms with E-state index in [-0.39, 0.29) is 43.4 Å². The molecule has 1 aliphatic heterocycles. The van der Waals surface area contributed by atoms with E-state index in [0.717, 1.165) is 19.3 Å². The van der Waals surface area contributed by atoms with Crippen molar-refractivity contribution in [1.82, 2.24) is 10.2 Å². The van der Waals surface area contributed by atoms with E-state index in [9.17, 15) is 14.4 Å². The molecule has 20 heavy (non-hydrogen) atoms. The lowest BCUT2D eigenvalue weighted by molar-refractivity contribution is -0.147. The van der Waals surface area contributed by atoms with E-state index in [0.29, 0.717) is 13.0 Å². The van der Waals surface area contributed by atoms with Gasteiger partial charge in [0.1, 0.15) is 0 Å². The molecule has 2 amide bonds. The summed E-state index contributed by atoms with van der Waals surface area (Å²) in [4.78, 5) is 36.3. The summed E-state index contributed by atoms with van der Waals surface area (Å²) in [6, 6.07) is 0. The number of hydrogen-bond donors (Lipinski definition) is 1. The molecule has 0 aromatic carbocycles. The van der Waals surface area contributed by atoms with Crippen LogP contribution in [0.25, 0.3) is 0 Å². The fraction of sp³-hybridized carbons (Fsp3) is 0.786. The second-order valence-corrected chi connectivity index (χ2v) is 5.26. The molecule has 0 radical (unpaired) electrons. The Balaban J connectivity index is 2.22. The molecular weight excluding hydrogens is 260 g/mol. The third-order valence-electron chi connectivity index (χ3n) is 3.02. The van der Waals surface area contributed by atoms with Gasteiger partial charge in [0.25, 0.3) is 0 Å². The standard InChI is InChI=1S/C14H24N2O4/c1-11(2)20-14(19)7-8-15-12(17)10-16-9-5-3-4-6-13(16)18/h11H,3-10H2,1-2H3,(H,15,17). The van der Waals surface area contributed by atoms with Crippen LogP contribution in [-0.4, -0.2) is 48.4 Å². The second-order valence-electron chi connectivity index (χ2n) is 5.26. The Labute approximate surface area is 119 Å². The molecule has 1 aliphatic rings. The monoisotopic (exact) mass is 284 g/mol. The predicted octanol–water partition coefficient (Wildman–Crippen LogP) is 0.847. The Morgan fingerprint density at radius 3 is 2.75 bits per heavy atom. The highest BCUT2D eigenvalue weighted by molar-refractivity contribution is 5.85. The van der Waals surface area contributed by atoms with Gasteiger partial charge < -0.3 is 15.0 Å². The maximum atomic E-state index is 11.7. The highest BCUT2D eigenvalue weighted by Gasteiger charge is 2.19. The first kappa shape index (κ1) is 16.5. The van der Waals surface area contributed by atoms with Gasteiger partial charge in [-0.1, -0.05) is 6.42 Å². The van der Waals surface area contributed by atoms with Crippen molar-refractivity contribution >= 4 is 17.8 Å². The number of likely N-dealkylation sites (tertiary alicyclic amines) is 1. The van der Waals surface area contributed by atoms with Crippen molar-refractivity contribution in [2.45, 2.75) is 52.1 Å². The average Bonchev–Trinajstić information content (AvgIpc) is 2.54. The van der Waals surface area contributed by atoms with Crippen LogP contribution in [0.3, 0.4) is 0 Å². The minimum absolute atomic E-state index is 0.0388. The Bertz CT molecular complexity index is 355. The number of carbonyl (C=O) groups excluding carboxylic acids is 3. The molecule has 0 aromatic rings. The molecule has 0 aliphatic carbocycles. The quantitative estimate of drug-likeness (QED) is 0.734. The maximum absolute atomic E-state index is 11.7. The zero-order valence-corrected chi connectivity index (χ0v) is 12.3. The average molecular weight is 284 g/mol. The van der Waals surface area contributed by atoms with Crippen LogP contribution in [-0.2, 0) is 19.1 Å². The summed E-state index contributed by atoms with van der Waals surface area (Å²) in [7, 11) is 0. The molecule has 0 aromatic heterocycles. The van der Waals surface area contributed by atoms with Gasteiger partial charge in [0.15, 0.2) is 0 Å². The molecular formula is C14H24N2O4. The van der Waals surface area contributed by atoms with Crippen molar-refractivity contribution in [2.75, 3.05) is 19.6 Å². The summed E-state index contributed by atoms with van der Waals surface area (Å²) >= 11 is 0. The van der Waals surface area contributed by atoms with E-state index >= 15 is 0 Å². The number of nitrogens with one attached hydrogen (secondary N) is 1. The van der Waals surface area contributed by atoms with Gasteiger partial charge in [-0.2, -0.15) is 0 Å². The van der Waals surface area contributed by atoms with E-state index in [1.807, 2.05) is 0 Å². The minimum Gasteiger partial charge on any atom is -0.463 e. The Hall–Kier alpha value is -1.59. The summed E-state index contributed by atoms with van der Waals surface area (Å²) in [6.45, 7) is 4.52. The zero-order valence-electron chi connectivity index (χ0n) is 12.3. The Morgan fingerprint density at radius 2 is 2.05 bits per heavy atom. The van der Waals surface area contributed by atoms with Gasteiger partial charge in [-0.25, -0.2) is 0 Å². The predicted molar refractivity (Wildman–Crippen MR) is 73.9 cm³/mol. The van der Waals surface area contributed by atoms with Crippen LogP contribution in [0.4, 0.5) is 0 Å². The van der Waals surface area contributed by atoms with Gasteiger partial charge in [0.05, 0.1) is 19.1 Å². The van der Waals surface area contributed by atoms with Crippen LogP contribution >= 0.6 is 0 Å². The number of nitrogens with zero attached hydrogens (tertiary/aromatic N) is 1. The molecule has 0 bridgehead atoms. The second kappa shape index (κ2) is 8.55.